The molecule has 0 aromatic heterocycles. The first-order valence-electron chi connectivity index (χ1n) is 8.21. The largest absolute Gasteiger partial charge is 0.478 e. The number of rotatable bonds is 6. The fraction of sp³-hybridized carbons (Fsp3) is 0.278. The third-order valence-electron chi connectivity index (χ3n) is 4.14. The number of morpholine rings is 1. The highest BCUT2D eigenvalue weighted by Crippen LogP contribution is 2.21. The maximum atomic E-state index is 12.7. The van der Waals surface area contributed by atoms with Gasteiger partial charge in [-0.25, -0.2) is 13.2 Å². The van der Waals surface area contributed by atoms with Crippen molar-refractivity contribution < 1.29 is 23.1 Å². The van der Waals surface area contributed by atoms with Gasteiger partial charge in [-0.2, -0.15) is 4.31 Å². The van der Waals surface area contributed by atoms with Crippen LogP contribution in [0, 0.1) is 0 Å². The molecular formula is C18H20N2O5S. The molecule has 0 amide bonds. The lowest BCUT2D eigenvalue weighted by molar-refractivity contribution is 0.0697. The number of carboxylic acids is 1. The molecule has 7 nitrogen and oxygen atoms in total. The minimum Gasteiger partial charge on any atom is -0.478 e. The Morgan fingerprint density at radius 3 is 2.46 bits per heavy atom. The van der Waals surface area contributed by atoms with E-state index in [4.69, 9.17) is 9.84 Å². The number of nitrogens with one attached hydrogen (secondary N) is 1. The van der Waals surface area contributed by atoms with Crippen LogP contribution >= 0.6 is 0 Å². The van der Waals surface area contributed by atoms with E-state index in [0.29, 0.717) is 38.5 Å². The van der Waals surface area contributed by atoms with Crippen molar-refractivity contribution in [3.8, 4) is 0 Å². The van der Waals surface area contributed by atoms with Crippen LogP contribution in [0.25, 0.3) is 0 Å². The van der Waals surface area contributed by atoms with E-state index in [-0.39, 0.29) is 10.5 Å². The zero-order valence-corrected chi connectivity index (χ0v) is 14.9. The Balaban J connectivity index is 1.70. The third-order valence-corrected chi connectivity index (χ3v) is 6.03. The first kappa shape index (κ1) is 18.4. The summed E-state index contributed by atoms with van der Waals surface area (Å²) >= 11 is 0. The maximum Gasteiger partial charge on any atom is 0.335 e. The fourth-order valence-electron chi connectivity index (χ4n) is 2.67. The quantitative estimate of drug-likeness (QED) is 0.801. The zero-order chi connectivity index (χ0) is 18.6. The van der Waals surface area contributed by atoms with E-state index >= 15 is 0 Å². The van der Waals surface area contributed by atoms with Gasteiger partial charge in [0.05, 0.1) is 23.7 Å². The molecule has 1 aliphatic rings. The van der Waals surface area contributed by atoms with Gasteiger partial charge in [0.1, 0.15) is 0 Å². The first-order valence-corrected chi connectivity index (χ1v) is 9.65. The van der Waals surface area contributed by atoms with E-state index < -0.39 is 16.0 Å². The van der Waals surface area contributed by atoms with Crippen molar-refractivity contribution in [2.24, 2.45) is 0 Å². The molecule has 138 valence electrons. The van der Waals surface area contributed by atoms with Gasteiger partial charge < -0.3 is 15.2 Å². The van der Waals surface area contributed by atoms with Crippen LogP contribution in [0.2, 0.25) is 0 Å². The summed E-state index contributed by atoms with van der Waals surface area (Å²) in [5.74, 6) is -0.967. The average molecular weight is 376 g/mol. The molecule has 0 radical (unpaired) electrons. The van der Waals surface area contributed by atoms with Crippen LogP contribution in [-0.4, -0.2) is 50.1 Å². The second kappa shape index (κ2) is 7.86. The van der Waals surface area contributed by atoms with Gasteiger partial charge in [0, 0.05) is 25.3 Å². The standard InChI is InChI=1S/C18H20N2O5S/c21-18(22)15-6-4-14(5-7-15)13-19-16-2-1-3-17(12-16)26(23,24)20-8-10-25-11-9-20/h1-7,12,19H,8-11,13H2,(H,21,22). The molecule has 0 atom stereocenters. The topological polar surface area (TPSA) is 95.9 Å². The molecule has 1 fully saturated rings. The summed E-state index contributed by atoms with van der Waals surface area (Å²) in [6.45, 7) is 1.99. The number of sulfonamides is 1. The van der Waals surface area contributed by atoms with Gasteiger partial charge in [0.15, 0.2) is 0 Å². The van der Waals surface area contributed by atoms with E-state index in [9.17, 15) is 13.2 Å². The van der Waals surface area contributed by atoms with Crippen LogP contribution in [0.5, 0.6) is 0 Å². The normalized spacial score (nSPS) is 15.5. The zero-order valence-electron chi connectivity index (χ0n) is 14.1. The van der Waals surface area contributed by atoms with Crippen molar-refractivity contribution in [1.29, 1.82) is 0 Å². The summed E-state index contributed by atoms with van der Waals surface area (Å²) < 4.78 is 32.0. The highest BCUT2D eigenvalue weighted by Gasteiger charge is 2.26. The van der Waals surface area contributed by atoms with Gasteiger partial charge in [-0.05, 0) is 35.9 Å². The lowest BCUT2D eigenvalue weighted by atomic mass is 10.1. The van der Waals surface area contributed by atoms with Crippen LogP contribution in [0.15, 0.2) is 53.4 Å². The maximum absolute atomic E-state index is 12.7. The van der Waals surface area contributed by atoms with E-state index in [1.807, 2.05) is 0 Å². The second-order valence-corrected chi connectivity index (χ2v) is 7.84. The molecule has 0 aliphatic carbocycles. The molecule has 0 spiro atoms. The smallest absolute Gasteiger partial charge is 0.335 e. The van der Waals surface area contributed by atoms with Crippen LogP contribution in [0.4, 0.5) is 5.69 Å². The number of benzene rings is 2. The van der Waals surface area contributed by atoms with Gasteiger partial charge in [0.2, 0.25) is 10.0 Å². The molecule has 3 rings (SSSR count). The molecule has 1 saturated heterocycles. The number of anilines is 1. The van der Waals surface area contributed by atoms with Crippen LogP contribution in [0.3, 0.4) is 0 Å². The van der Waals surface area contributed by atoms with Crippen LogP contribution in [0.1, 0.15) is 15.9 Å². The fourth-order valence-corrected chi connectivity index (χ4v) is 4.13. The molecule has 2 aromatic carbocycles. The molecule has 1 aliphatic heterocycles. The number of nitrogens with zero attached hydrogens (tertiary/aromatic N) is 1. The molecular weight excluding hydrogens is 356 g/mol. The second-order valence-electron chi connectivity index (χ2n) is 5.90. The number of hydrogen-bond acceptors (Lipinski definition) is 5. The predicted molar refractivity (Wildman–Crippen MR) is 96.7 cm³/mol. The number of carboxylic acid groups (broad SMARTS) is 1. The Hall–Kier alpha value is -2.42. The van der Waals surface area contributed by atoms with Gasteiger partial charge >= 0.3 is 5.97 Å². The molecule has 0 unspecified atom stereocenters. The molecule has 1 heterocycles. The van der Waals surface area contributed by atoms with Crippen LogP contribution in [-0.2, 0) is 21.3 Å². The molecule has 0 saturated carbocycles. The van der Waals surface area contributed by atoms with E-state index in [1.54, 1.807) is 48.5 Å². The van der Waals surface area contributed by atoms with Crippen molar-refractivity contribution in [3.63, 3.8) is 0 Å². The molecule has 0 bridgehead atoms. The predicted octanol–water partition coefficient (Wildman–Crippen LogP) is 2.02. The number of aromatic carboxylic acids is 1. The summed E-state index contributed by atoms with van der Waals surface area (Å²) in [7, 11) is -3.53. The Bertz CT molecular complexity index is 875. The highest BCUT2D eigenvalue weighted by molar-refractivity contribution is 7.89. The van der Waals surface area contributed by atoms with Crippen molar-refractivity contribution in [2.75, 3.05) is 31.6 Å². The summed E-state index contributed by atoms with van der Waals surface area (Å²) in [5, 5.41) is 12.1. The summed E-state index contributed by atoms with van der Waals surface area (Å²) in [5.41, 5.74) is 1.81. The monoisotopic (exact) mass is 376 g/mol. The molecule has 26 heavy (non-hydrogen) atoms. The molecule has 8 heteroatoms. The summed E-state index contributed by atoms with van der Waals surface area (Å²) in [6.07, 6.45) is 0. The van der Waals surface area contributed by atoms with Crippen molar-refractivity contribution >= 4 is 21.7 Å². The van der Waals surface area contributed by atoms with Crippen LogP contribution < -0.4 is 5.32 Å². The lowest BCUT2D eigenvalue weighted by Gasteiger charge is -2.26. The van der Waals surface area contributed by atoms with Gasteiger partial charge in [-0.3, -0.25) is 0 Å². The van der Waals surface area contributed by atoms with Gasteiger partial charge in [0.25, 0.3) is 0 Å². The summed E-state index contributed by atoms with van der Waals surface area (Å²) in [6, 6.07) is 13.2. The highest BCUT2D eigenvalue weighted by atomic mass is 32.2. The minimum atomic E-state index is -3.53. The first-order chi connectivity index (χ1) is 12.5. The lowest BCUT2D eigenvalue weighted by Crippen LogP contribution is -2.40. The third kappa shape index (κ3) is 4.21. The Morgan fingerprint density at radius 2 is 1.81 bits per heavy atom. The van der Waals surface area contributed by atoms with Gasteiger partial charge in [-0.15, -0.1) is 0 Å². The summed E-state index contributed by atoms with van der Waals surface area (Å²) in [4.78, 5) is 11.1. The Labute approximate surface area is 152 Å². The van der Waals surface area contributed by atoms with E-state index in [0.717, 1.165) is 5.56 Å². The van der Waals surface area contributed by atoms with Crippen molar-refractivity contribution in [2.45, 2.75) is 11.4 Å². The number of carbonyl (C=O) groups is 1. The average Bonchev–Trinajstić information content (AvgIpc) is 2.67. The Morgan fingerprint density at radius 1 is 1.12 bits per heavy atom. The van der Waals surface area contributed by atoms with Gasteiger partial charge in [-0.1, -0.05) is 18.2 Å². The van der Waals surface area contributed by atoms with Crippen molar-refractivity contribution in [1.82, 2.24) is 4.31 Å². The SMILES string of the molecule is O=C(O)c1ccc(CNc2cccc(S(=O)(=O)N3CCOCC3)c2)cc1. The van der Waals surface area contributed by atoms with E-state index in [2.05, 4.69) is 5.32 Å². The minimum absolute atomic E-state index is 0.229. The van der Waals surface area contributed by atoms with Crippen molar-refractivity contribution in [3.05, 3.63) is 59.7 Å². The number of hydrogen-bond donors (Lipinski definition) is 2. The molecule has 2 N–H and O–H groups in total. The number of ether oxygens (including phenoxy) is 1. The van der Waals surface area contributed by atoms with E-state index in [1.165, 1.54) is 4.31 Å². The Kier molecular flexibility index (Phi) is 5.55. The molecule has 2 aromatic rings.